The van der Waals surface area contributed by atoms with Gasteiger partial charge in [0.2, 0.25) is 0 Å². The molecule has 8 heteroatoms. The third-order valence-corrected chi connectivity index (χ3v) is 7.69. The van der Waals surface area contributed by atoms with Gasteiger partial charge in [-0.1, -0.05) is 83.9 Å². The van der Waals surface area contributed by atoms with Crippen molar-refractivity contribution in [3.63, 3.8) is 0 Å². The molecule has 0 saturated heterocycles. The smallest absolute Gasteiger partial charge is 0.326 e. The number of carbonyl (C=O) groups excluding carboxylic acids is 1. The van der Waals surface area contributed by atoms with E-state index in [1.165, 1.54) is 12.1 Å². The lowest BCUT2D eigenvalue weighted by Gasteiger charge is -2.19. The number of benzene rings is 4. The number of fused-ring (bicyclic) bond motifs is 2. The molecule has 1 atom stereocenters. The van der Waals surface area contributed by atoms with E-state index in [0.29, 0.717) is 11.1 Å². The largest absolute Gasteiger partial charge is 0.480 e. The number of amides is 1. The highest BCUT2D eigenvalue weighted by atomic mass is 35.5. The molecule has 0 aliphatic heterocycles. The van der Waals surface area contributed by atoms with Gasteiger partial charge in [-0.3, -0.25) is 9.59 Å². The molecule has 1 heterocycles. The van der Waals surface area contributed by atoms with Crippen molar-refractivity contribution in [3.8, 4) is 11.1 Å². The summed E-state index contributed by atoms with van der Waals surface area (Å²) in [6.45, 7) is 1.94. The van der Waals surface area contributed by atoms with E-state index in [1.54, 1.807) is 17.7 Å². The standard InChI is InChI=1S/C31H24Cl2N2O4/c1-17-19-8-5-6-13-26(19)35(2)30(37)27(17)22-15-14-18(20-9-3-4-10-21(20)22)16-25(31(38)39)34-29(36)28-23(32)11-7-12-24(28)33/h3-15,25H,16H2,1-2H3,(H,34,36)(H,38,39). The van der Waals surface area contributed by atoms with Crippen molar-refractivity contribution in [3.05, 3.63) is 116 Å². The van der Waals surface area contributed by atoms with Crippen LogP contribution in [0.25, 0.3) is 32.8 Å². The van der Waals surface area contributed by atoms with Gasteiger partial charge >= 0.3 is 5.97 Å². The number of aliphatic carboxylic acids is 1. The summed E-state index contributed by atoms with van der Waals surface area (Å²) in [5.74, 6) is -1.87. The fourth-order valence-electron chi connectivity index (χ4n) is 5.10. The van der Waals surface area contributed by atoms with E-state index in [0.717, 1.165) is 32.8 Å². The summed E-state index contributed by atoms with van der Waals surface area (Å²) in [6, 6.07) is 22.4. The summed E-state index contributed by atoms with van der Waals surface area (Å²) < 4.78 is 1.65. The van der Waals surface area contributed by atoms with Crippen LogP contribution in [-0.4, -0.2) is 27.6 Å². The maximum atomic E-state index is 13.5. The van der Waals surface area contributed by atoms with E-state index >= 15 is 0 Å². The maximum Gasteiger partial charge on any atom is 0.326 e. The first-order valence-corrected chi connectivity index (χ1v) is 13.0. The van der Waals surface area contributed by atoms with E-state index < -0.39 is 17.9 Å². The number of pyridine rings is 1. The Morgan fingerprint density at radius 3 is 2.15 bits per heavy atom. The third kappa shape index (κ3) is 4.78. The molecule has 0 saturated carbocycles. The Bertz CT molecular complexity index is 1820. The summed E-state index contributed by atoms with van der Waals surface area (Å²) >= 11 is 12.3. The van der Waals surface area contributed by atoms with E-state index in [9.17, 15) is 19.5 Å². The fourth-order valence-corrected chi connectivity index (χ4v) is 5.66. The Balaban J connectivity index is 1.59. The molecule has 0 aliphatic carbocycles. The first kappa shape index (κ1) is 26.5. The van der Waals surface area contributed by atoms with Crippen LogP contribution in [0.2, 0.25) is 10.0 Å². The van der Waals surface area contributed by atoms with Gasteiger partial charge in [-0.15, -0.1) is 0 Å². The normalized spacial score (nSPS) is 12.0. The molecule has 6 nitrogen and oxygen atoms in total. The van der Waals surface area contributed by atoms with E-state index in [1.807, 2.05) is 67.6 Å². The molecule has 4 aromatic carbocycles. The first-order valence-electron chi connectivity index (χ1n) is 12.3. The van der Waals surface area contributed by atoms with Crippen LogP contribution in [-0.2, 0) is 18.3 Å². The molecule has 0 fully saturated rings. The molecule has 1 aromatic heterocycles. The molecule has 1 amide bonds. The number of para-hydroxylation sites is 1. The lowest BCUT2D eigenvalue weighted by molar-refractivity contribution is -0.139. The van der Waals surface area contributed by atoms with Crippen LogP contribution in [0, 0.1) is 6.92 Å². The molecule has 5 rings (SSSR count). The van der Waals surface area contributed by atoms with Crippen molar-refractivity contribution >= 4 is 56.8 Å². The van der Waals surface area contributed by atoms with Gasteiger partial charge in [0.05, 0.1) is 26.7 Å². The summed E-state index contributed by atoms with van der Waals surface area (Å²) in [4.78, 5) is 38.6. The van der Waals surface area contributed by atoms with Gasteiger partial charge in [0.1, 0.15) is 6.04 Å². The predicted molar refractivity (Wildman–Crippen MR) is 156 cm³/mol. The van der Waals surface area contributed by atoms with Gasteiger partial charge in [0.25, 0.3) is 11.5 Å². The van der Waals surface area contributed by atoms with Crippen LogP contribution in [0.1, 0.15) is 21.5 Å². The molecular weight excluding hydrogens is 535 g/mol. The molecular formula is C31H24Cl2N2O4. The number of nitrogens with one attached hydrogen (secondary N) is 1. The number of carboxylic acids is 1. The van der Waals surface area contributed by atoms with E-state index in [4.69, 9.17) is 23.2 Å². The Morgan fingerprint density at radius 2 is 1.49 bits per heavy atom. The lowest BCUT2D eigenvalue weighted by atomic mass is 9.90. The van der Waals surface area contributed by atoms with Gasteiger partial charge in [-0.05, 0) is 52.6 Å². The zero-order valence-corrected chi connectivity index (χ0v) is 22.7. The van der Waals surface area contributed by atoms with Crippen LogP contribution in [0.3, 0.4) is 0 Å². The minimum atomic E-state index is -1.24. The summed E-state index contributed by atoms with van der Waals surface area (Å²) in [5.41, 5.74) is 3.70. The van der Waals surface area contributed by atoms with Gasteiger partial charge in [0.15, 0.2) is 0 Å². The lowest BCUT2D eigenvalue weighted by Crippen LogP contribution is -2.42. The number of rotatable bonds is 6. The highest BCUT2D eigenvalue weighted by Crippen LogP contribution is 2.34. The number of carboxylic acid groups (broad SMARTS) is 1. The highest BCUT2D eigenvalue weighted by molar-refractivity contribution is 6.39. The maximum absolute atomic E-state index is 13.5. The second-order valence-electron chi connectivity index (χ2n) is 9.36. The quantitative estimate of drug-likeness (QED) is 0.252. The Hall–Kier alpha value is -4.13. The van der Waals surface area contributed by atoms with Crippen LogP contribution >= 0.6 is 23.2 Å². The topological polar surface area (TPSA) is 88.4 Å². The summed E-state index contributed by atoms with van der Waals surface area (Å²) in [7, 11) is 1.76. The number of hydrogen-bond acceptors (Lipinski definition) is 3. The number of hydrogen-bond donors (Lipinski definition) is 2. The number of aromatic nitrogens is 1. The van der Waals surface area contributed by atoms with Crippen molar-refractivity contribution in [2.75, 3.05) is 0 Å². The highest BCUT2D eigenvalue weighted by Gasteiger charge is 2.25. The van der Waals surface area contributed by atoms with Crippen LogP contribution in [0.15, 0.2) is 83.7 Å². The zero-order chi connectivity index (χ0) is 27.8. The molecule has 39 heavy (non-hydrogen) atoms. The third-order valence-electron chi connectivity index (χ3n) is 7.06. The number of nitrogens with zero attached hydrogens (tertiary/aromatic N) is 1. The molecule has 5 aromatic rings. The summed E-state index contributed by atoms with van der Waals surface area (Å²) in [6.07, 6.45) is 0.0126. The Kier molecular flexibility index (Phi) is 7.17. The monoisotopic (exact) mass is 558 g/mol. The molecule has 0 radical (unpaired) electrons. The Morgan fingerprint density at radius 1 is 0.872 bits per heavy atom. The zero-order valence-electron chi connectivity index (χ0n) is 21.2. The molecule has 0 aliphatic rings. The molecule has 1 unspecified atom stereocenters. The minimum absolute atomic E-state index is 0.0126. The van der Waals surface area contributed by atoms with Crippen molar-refractivity contribution in [2.45, 2.75) is 19.4 Å². The Labute approximate surface area is 234 Å². The van der Waals surface area contributed by atoms with E-state index in [-0.39, 0.29) is 27.6 Å². The van der Waals surface area contributed by atoms with Crippen molar-refractivity contribution in [1.82, 2.24) is 9.88 Å². The van der Waals surface area contributed by atoms with E-state index in [2.05, 4.69) is 5.32 Å². The fraction of sp³-hybridized carbons (Fsp3) is 0.129. The van der Waals surface area contributed by atoms with Gasteiger partial charge in [-0.25, -0.2) is 4.79 Å². The number of halogens is 2. The van der Waals surface area contributed by atoms with Crippen LogP contribution < -0.4 is 10.9 Å². The predicted octanol–water partition coefficient (Wildman–Crippen LogP) is 6.40. The van der Waals surface area contributed by atoms with Gasteiger partial charge in [0, 0.05) is 18.9 Å². The molecule has 2 N–H and O–H groups in total. The first-order chi connectivity index (χ1) is 18.7. The minimum Gasteiger partial charge on any atom is -0.480 e. The van der Waals surface area contributed by atoms with Crippen LogP contribution in [0.5, 0.6) is 0 Å². The van der Waals surface area contributed by atoms with Gasteiger partial charge < -0.3 is 15.0 Å². The SMILES string of the molecule is Cc1c(-c2ccc(CC(NC(=O)c3c(Cl)cccc3Cl)C(=O)O)c3ccccc23)c(=O)n(C)c2ccccc12. The van der Waals surface area contributed by atoms with Crippen molar-refractivity contribution < 1.29 is 14.7 Å². The molecule has 0 bridgehead atoms. The van der Waals surface area contributed by atoms with Crippen LogP contribution in [0.4, 0.5) is 0 Å². The second-order valence-corrected chi connectivity index (χ2v) is 10.2. The summed E-state index contributed by atoms with van der Waals surface area (Å²) in [5, 5.41) is 15.4. The molecule has 0 spiro atoms. The number of carbonyl (C=O) groups is 2. The van der Waals surface area contributed by atoms with Crippen molar-refractivity contribution in [2.24, 2.45) is 7.05 Å². The second kappa shape index (κ2) is 10.6. The average molecular weight is 559 g/mol. The van der Waals surface area contributed by atoms with Crippen molar-refractivity contribution in [1.29, 1.82) is 0 Å². The average Bonchev–Trinajstić information content (AvgIpc) is 2.92. The number of aryl methyl sites for hydroxylation is 2. The molecule has 196 valence electrons. The van der Waals surface area contributed by atoms with Gasteiger partial charge in [-0.2, -0.15) is 0 Å².